The Morgan fingerprint density at radius 2 is 2.33 bits per heavy atom. The van der Waals surface area contributed by atoms with Crippen molar-refractivity contribution < 1.29 is 14.3 Å². The van der Waals surface area contributed by atoms with E-state index >= 15 is 0 Å². The van der Waals surface area contributed by atoms with Crippen LogP contribution in [-0.4, -0.2) is 18.5 Å². The van der Waals surface area contributed by atoms with E-state index in [1.165, 1.54) is 0 Å². The molecule has 1 rings (SSSR count). The summed E-state index contributed by atoms with van der Waals surface area (Å²) in [6, 6.07) is 0. The van der Waals surface area contributed by atoms with E-state index in [9.17, 15) is 9.59 Å². The van der Waals surface area contributed by atoms with E-state index in [0.29, 0.717) is 16.8 Å². The molecule has 1 aliphatic heterocycles. The number of rotatable bonds is 2. The van der Waals surface area contributed by atoms with Crippen LogP contribution in [0.1, 0.15) is 13.3 Å². The van der Waals surface area contributed by atoms with Crippen LogP contribution in [0.2, 0.25) is 0 Å². The van der Waals surface area contributed by atoms with Crippen LogP contribution in [0.5, 0.6) is 0 Å². The highest BCUT2D eigenvalue weighted by atomic mass is 79.9. The molecule has 1 amide bonds. The van der Waals surface area contributed by atoms with Crippen LogP contribution in [0.4, 0.5) is 0 Å². The first-order valence-electron chi connectivity index (χ1n) is 3.50. The average molecular weight is 234 g/mol. The Morgan fingerprint density at radius 3 is 2.75 bits per heavy atom. The lowest BCUT2D eigenvalue weighted by atomic mass is 10.2. The van der Waals surface area contributed by atoms with Gasteiger partial charge in [0.2, 0.25) is 5.91 Å². The first-order chi connectivity index (χ1) is 5.65. The van der Waals surface area contributed by atoms with E-state index in [1.54, 1.807) is 6.92 Å². The zero-order valence-electron chi connectivity index (χ0n) is 6.52. The van der Waals surface area contributed by atoms with Crippen molar-refractivity contribution in [1.82, 2.24) is 5.32 Å². The number of hydrogen-bond donors (Lipinski definition) is 1. The highest BCUT2D eigenvalue weighted by Gasteiger charge is 2.24. The van der Waals surface area contributed by atoms with Crippen LogP contribution in [-0.2, 0) is 14.3 Å². The van der Waals surface area contributed by atoms with Crippen molar-refractivity contribution >= 4 is 27.8 Å². The van der Waals surface area contributed by atoms with Gasteiger partial charge in [-0.1, -0.05) is 0 Å². The van der Waals surface area contributed by atoms with E-state index < -0.39 is 5.97 Å². The lowest BCUT2D eigenvalue weighted by Gasteiger charge is -2.19. The Balaban J connectivity index is 2.57. The molecule has 0 unspecified atom stereocenters. The van der Waals surface area contributed by atoms with Crippen LogP contribution in [0.3, 0.4) is 0 Å². The normalized spacial score (nSPS) is 19.3. The molecular weight excluding hydrogens is 226 g/mol. The quantitative estimate of drug-likeness (QED) is 0.434. The predicted molar refractivity (Wildman–Crippen MR) is 45.3 cm³/mol. The zero-order valence-corrected chi connectivity index (χ0v) is 8.10. The maximum Gasteiger partial charge on any atom is 0.347 e. The Labute approximate surface area is 78.1 Å². The number of carbonyl (C=O) groups is 2. The number of β-lactam (4-membered cyclic amide) rings is 1. The van der Waals surface area contributed by atoms with Crippen LogP contribution >= 0.6 is 15.9 Å². The number of ether oxygens (including phenoxy) is 1. The molecule has 66 valence electrons. The van der Waals surface area contributed by atoms with Gasteiger partial charge in [0.1, 0.15) is 4.48 Å². The molecule has 5 heteroatoms. The second-order valence-electron chi connectivity index (χ2n) is 2.24. The van der Waals surface area contributed by atoms with Crippen LogP contribution in [0.25, 0.3) is 0 Å². The molecule has 0 aromatic rings. The Morgan fingerprint density at radius 1 is 1.75 bits per heavy atom. The van der Waals surface area contributed by atoms with Gasteiger partial charge in [0.15, 0.2) is 0 Å². The molecule has 1 N–H and O–H groups in total. The molecule has 0 atom stereocenters. The van der Waals surface area contributed by atoms with E-state index in [1.807, 2.05) is 0 Å². The smallest absolute Gasteiger partial charge is 0.347 e. The van der Waals surface area contributed by atoms with Crippen molar-refractivity contribution in [3.05, 3.63) is 10.2 Å². The third-order valence-electron chi connectivity index (χ3n) is 1.35. The van der Waals surface area contributed by atoms with Gasteiger partial charge < -0.3 is 10.1 Å². The molecule has 12 heavy (non-hydrogen) atoms. The minimum Gasteiger partial charge on any atom is -0.462 e. The summed E-state index contributed by atoms with van der Waals surface area (Å²) < 4.78 is 5.01. The second-order valence-corrected chi connectivity index (χ2v) is 3.03. The van der Waals surface area contributed by atoms with Gasteiger partial charge in [-0.2, -0.15) is 0 Å². The van der Waals surface area contributed by atoms with Crippen molar-refractivity contribution in [3.63, 3.8) is 0 Å². The van der Waals surface area contributed by atoms with Crippen LogP contribution in [0.15, 0.2) is 10.2 Å². The maximum absolute atomic E-state index is 11.0. The van der Waals surface area contributed by atoms with Crippen LogP contribution < -0.4 is 5.32 Å². The second kappa shape index (κ2) is 3.71. The number of esters is 1. The fourth-order valence-electron chi connectivity index (χ4n) is 0.761. The molecule has 0 spiro atoms. The van der Waals surface area contributed by atoms with Gasteiger partial charge in [-0.05, 0) is 22.9 Å². The lowest BCUT2D eigenvalue weighted by Crippen LogP contribution is -2.36. The number of halogens is 1. The van der Waals surface area contributed by atoms with E-state index in [4.69, 9.17) is 4.74 Å². The van der Waals surface area contributed by atoms with Gasteiger partial charge in [-0.25, -0.2) is 4.79 Å². The summed E-state index contributed by atoms with van der Waals surface area (Å²) in [5, 5.41) is 2.47. The Hall–Kier alpha value is -0.840. The van der Waals surface area contributed by atoms with Gasteiger partial charge >= 0.3 is 5.97 Å². The molecule has 0 aliphatic carbocycles. The van der Waals surface area contributed by atoms with E-state index in [0.717, 1.165) is 0 Å². The minimum absolute atomic E-state index is 0.0775. The summed E-state index contributed by atoms with van der Waals surface area (Å²) in [5.41, 5.74) is 0.596. The fourth-order valence-corrected chi connectivity index (χ4v) is 1.11. The Kier molecular flexibility index (Phi) is 2.86. The van der Waals surface area contributed by atoms with E-state index in [-0.39, 0.29) is 12.3 Å². The average Bonchev–Trinajstić information content (AvgIpc) is 1.98. The number of nitrogens with one attached hydrogen (secondary N) is 1. The largest absolute Gasteiger partial charge is 0.462 e. The van der Waals surface area contributed by atoms with Crippen molar-refractivity contribution in [2.75, 3.05) is 6.61 Å². The summed E-state index contributed by atoms with van der Waals surface area (Å²) in [4.78, 5) is 21.5. The van der Waals surface area contributed by atoms with Crippen molar-refractivity contribution in [2.45, 2.75) is 13.3 Å². The predicted octanol–water partition coefficient (Wildman–Crippen LogP) is 0.676. The number of hydrogen-bond acceptors (Lipinski definition) is 3. The van der Waals surface area contributed by atoms with Gasteiger partial charge in [0.25, 0.3) is 0 Å². The summed E-state index contributed by atoms with van der Waals surface area (Å²) in [6.45, 7) is 2.05. The number of carbonyl (C=O) groups excluding carboxylic acids is 2. The molecule has 4 nitrogen and oxygen atoms in total. The molecule has 1 saturated heterocycles. The van der Waals surface area contributed by atoms with Gasteiger partial charge in [0.05, 0.1) is 13.0 Å². The molecule has 0 saturated carbocycles. The fraction of sp³-hybridized carbons (Fsp3) is 0.429. The lowest BCUT2D eigenvalue weighted by molar-refractivity contribution is -0.137. The minimum atomic E-state index is -0.437. The van der Waals surface area contributed by atoms with Crippen molar-refractivity contribution in [2.24, 2.45) is 0 Å². The maximum atomic E-state index is 11.0. The van der Waals surface area contributed by atoms with Gasteiger partial charge in [0, 0.05) is 5.70 Å². The first kappa shape index (κ1) is 9.25. The molecule has 1 heterocycles. The molecule has 0 aromatic carbocycles. The highest BCUT2D eigenvalue weighted by Crippen LogP contribution is 2.20. The summed E-state index contributed by atoms with van der Waals surface area (Å²) in [6.07, 6.45) is 0.277. The highest BCUT2D eigenvalue weighted by molar-refractivity contribution is 9.12. The van der Waals surface area contributed by atoms with Gasteiger partial charge in [-0.3, -0.25) is 4.79 Å². The molecule has 0 radical (unpaired) electrons. The summed E-state index contributed by atoms with van der Waals surface area (Å²) >= 11 is 3.04. The molecule has 1 aliphatic rings. The summed E-state index contributed by atoms with van der Waals surface area (Å²) in [7, 11) is 0. The van der Waals surface area contributed by atoms with Gasteiger partial charge in [-0.15, -0.1) is 0 Å². The molecular formula is C7H8BrNO3. The SMILES string of the molecule is CCOC(=O)/C(Br)=C1/CC(=O)N1. The molecule has 0 bridgehead atoms. The molecule has 1 fully saturated rings. The number of amides is 1. The topological polar surface area (TPSA) is 55.4 Å². The summed E-state index contributed by atoms with van der Waals surface area (Å²) in [5.74, 6) is -0.515. The Bertz CT molecular complexity index is 249. The zero-order chi connectivity index (χ0) is 9.14. The van der Waals surface area contributed by atoms with Crippen molar-refractivity contribution in [1.29, 1.82) is 0 Å². The third-order valence-corrected chi connectivity index (χ3v) is 2.15. The first-order valence-corrected chi connectivity index (χ1v) is 4.30. The van der Waals surface area contributed by atoms with Crippen LogP contribution in [0, 0.1) is 0 Å². The molecule has 0 aromatic heterocycles. The van der Waals surface area contributed by atoms with Crippen molar-refractivity contribution in [3.8, 4) is 0 Å². The monoisotopic (exact) mass is 233 g/mol. The third kappa shape index (κ3) is 1.85. The van der Waals surface area contributed by atoms with E-state index in [2.05, 4.69) is 21.2 Å². The standard InChI is InChI=1S/C7H8BrNO3/c1-2-12-7(11)6(8)4-3-5(10)9-4/h2-3H2,1H3,(H,9,10)/b6-4+.